The van der Waals surface area contributed by atoms with Crippen molar-refractivity contribution in [1.82, 2.24) is 10.2 Å². The Morgan fingerprint density at radius 3 is 2.64 bits per heavy atom. The van der Waals surface area contributed by atoms with Crippen LogP contribution in [0.4, 0.5) is 0 Å². The molecule has 1 unspecified atom stereocenters. The lowest BCUT2D eigenvalue weighted by Crippen LogP contribution is -2.67. The normalized spacial score (nSPS) is 29.1. The van der Waals surface area contributed by atoms with Gasteiger partial charge in [-0.1, -0.05) is 6.92 Å². The number of hydrogen-bond donors (Lipinski definition) is 1. The molecule has 1 saturated heterocycles. The number of piperazine rings is 1. The van der Waals surface area contributed by atoms with Gasteiger partial charge in [-0.2, -0.15) is 0 Å². The third-order valence-corrected chi connectivity index (χ3v) is 2.76. The smallest absolute Gasteiger partial charge is 0.249 e. The summed E-state index contributed by atoms with van der Waals surface area (Å²) in [6.45, 7) is 2.45. The molecule has 5 nitrogen and oxygen atoms in total. The predicted octanol–water partition coefficient (Wildman–Crippen LogP) is -0.630. The molecule has 80 valence electrons. The average molecular weight is 200 g/mol. The minimum atomic E-state index is -0.692. The second-order valence-electron chi connectivity index (χ2n) is 3.55. The van der Waals surface area contributed by atoms with Crippen molar-refractivity contribution >= 4 is 11.8 Å². The van der Waals surface area contributed by atoms with Crippen LogP contribution < -0.4 is 5.32 Å². The van der Waals surface area contributed by atoms with E-state index in [-0.39, 0.29) is 18.4 Å². The maximum Gasteiger partial charge on any atom is 0.249 e. The van der Waals surface area contributed by atoms with Crippen molar-refractivity contribution in [2.24, 2.45) is 0 Å². The van der Waals surface area contributed by atoms with Gasteiger partial charge in [0.05, 0.1) is 13.2 Å². The Balaban J connectivity index is 2.91. The van der Waals surface area contributed by atoms with E-state index in [1.165, 1.54) is 0 Å². The summed E-state index contributed by atoms with van der Waals surface area (Å²) in [5, 5.41) is 2.34. The Kier molecular flexibility index (Phi) is 3.23. The number of hydrogen-bond acceptors (Lipinski definition) is 4. The van der Waals surface area contributed by atoms with Gasteiger partial charge in [0.25, 0.3) is 0 Å². The van der Waals surface area contributed by atoms with Crippen LogP contribution in [0.2, 0.25) is 0 Å². The molecule has 14 heavy (non-hydrogen) atoms. The molecule has 0 aromatic heterocycles. The molecule has 0 aromatic rings. The van der Waals surface area contributed by atoms with Crippen LogP contribution in [-0.4, -0.2) is 49.6 Å². The summed E-state index contributed by atoms with van der Waals surface area (Å²) in [6, 6.07) is 0. The molecular formula is C9H16N2O3. The van der Waals surface area contributed by atoms with Crippen molar-refractivity contribution in [2.75, 3.05) is 27.3 Å². The molecule has 0 aromatic carbocycles. The summed E-state index contributed by atoms with van der Waals surface area (Å²) in [5.41, 5.74) is -0.692. The van der Waals surface area contributed by atoms with Gasteiger partial charge in [0, 0.05) is 7.11 Å². The number of carbonyl (C=O) groups is 2. The van der Waals surface area contributed by atoms with E-state index in [1.54, 1.807) is 19.1 Å². The summed E-state index contributed by atoms with van der Waals surface area (Å²) in [5.74, 6) is -0.515. The van der Waals surface area contributed by atoms with Gasteiger partial charge >= 0.3 is 0 Å². The lowest BCUT2D eigenvalue weighted by Gasteiger charge is -2.41. The van der Waals surface area contributed by atoms with Crippen LogP contribution >= 0.6 is 0 Å². The third-order valence-electron chi connectivity index (χ3n) is 2.76. The fourth-order valence-corrected chi connectivity index (χ4v) is 1.77. The number of amides is 2. The molecule has 0 aliphatic carbocycles. The van der Waals surface area contributed by atoms with Crippen molar-refractivity contribution in [1.29, 1.82) is 0 Å². The maximum atomic E-state index is 11.7. The minimum absolute atomic E-state index is 0.239. The van der Waals surface area contributed by atoms with Crippen LogP contribution in [0.25, 0.3) is 0 Å². The molecule has 1 heterocycles. The fourth-order valence-electron chi connectivity index (χ4n) is 1.77. The molecule has 1 N–H and O–H groups in total. The van der Waals surface area contributed by atoms with E-state index in [4.69, 9.17) is 4.74 Å². The molecule has 0 bridgehead atoms. The summed E-state index contributed by atoms with van der Waals surface area (Å²) < 4.78 is 5.04. The summed E-state index contributed by atoms with van der Waals surface area (Å²) in [7, 11) is 3.31. The molecule has 1 fully saturated rings. The number of ether oxygens (including phenoxy) is 1. The van der Waals surface area contributed by atoms with Crippen LogP contribution in [0, 0.1) is 0 Å². The van der Waals surface area contributed by atoms with Crippen molar-refractivity contribution in [2.45, 2.75) is 18.9 Å². The van der Waals surface area contributed by atoms with Crippen molar-refractivity contribution in [3.8, 4) is 0 Å². The van der Waals surface area contributed by atoms with E-state index in [0.717, 1.165) is 0 Å². The molecular weight excluding hydrogens is 184 g/mol. The second kappa shape index (κ2) is 4.06. The Morgan fingerprint density at radius 2 is 2.21 bits per heavy atom. The number of nitrogens with one attached hydrogen (secondary N) is 1. The Morgan fingerprint density at radius 1 is 1.57 bits per heavy atom. The molecule has 2 amide bonds. The van der Waals surface area contributed by atoms with Crippen LogP contribution in [0.1, 0.15) is 13.3 Å². The highest BCUT2D eigenvalue weighted by Gasteiger charge is 2.45. The molecule has 5 heteroatoms. The first-order valence-electron chi connectivity index (χ1n) is 4.61. The van der Waals surface area contributed by atoms with E-state index in [9.17, 15) is 9.59 Å². The monoisotopic (exact) mass is 200 g/mol. The quantitative estimate of drug-likeness (QED) is 0.616. The van der Waals surface area contributed by atoms with Gasteiger partial charge in [-0.05, 0) is 13.5 Å². The van der Waals surface area contributed by atoms with E-state index in [1.807, 2.05) is 6.92 Å². The molecule has 1 atom stereocenters. The number of likely N-dealkylation sites (N-methyl/N-ethyl adjacent to an activating group) is 1. The molecule has 0 spiro atoms. The number of nitrogens with zero attached hydrogens (tertiary/aromatic N) is 1. The van der Waals surface area contributed by atoms with Gasteiger partial charge in [-0.25, -0.2) is 0 Å². The molecule has 0 saturated carbocycles. The highest BCUT2D eigenvalue weighted by molar-refractivity contribution is 6.03. The van der Waals surface area contributed by atoms with E-state index in [2.05, 4.69) is 5.32 Å². The van der Waals surface area contributed by atoms with Gasteiger partial charge in [-0.15, -0.1) is 0 Å². The first kappa shape index (κ1) is 11.1. The standard InChI is InChI=1S/C9H16N2O3/c1-4-9(6-14-3)8(13)10-7(12)5-11(9)2/h4-6H2,1-3H3,(H,10,12,13). The highest BCUT2D eigenvalue weighted by atomic mass is 16.5. The number of methoxy groups -OCH3 is 1. The van der Waals surface area contributed by atoms with E-state index < -0.39 is 5.54 Å². The van der Waals surface area contributed by atoms with Crippen LogP contribution in [0.5, 0.6) is 0 Å². The zero-order valence-corrected chi connectivity index (χ0v) is 8.79. The average Bonchev–Trinajstić information content (AvgIpc) is 2.11. The molecule has 1 aliphatic heterocycles. The van der Waals surface area contributed by atoms with Gasteiger partial charge in [0.2, 0.25) is 11.8 Å². The van der Waals surface area contributed by atoms with Gasteiger partial charge in [0.1, 0.15) is 5.54 Å². The maximum absolute atomic E-state index is 11.7. The Bertz CT molecular complexity index is 254. The van der Waals surface area contributed by atoms with Gasteiger partial charge in [-0.3, -0.25) is 19.8 Å². The first-order valence-corrected chi connectivity index (χ1v) is 4.61. The van der Waals surface area contributed by atoms with E-state index in [0.29, 0.717) is 13.0 Å². The lowest BCUT2D eigenvalue weighted by molar-refractivity contribution is -0.149. The van der Waals surface area contributed by atoms with Crippen LogP contribution in [0.3, 0.4) is 0 Å². The number of imide groups is 1. The minimum Gasteiger partial charge on any atom is -0.382 e. The topological polar surface area (TPSA) is 58.6 Å². The fraction of sp³-hybridized carbons (Fsp3) is 0.778. The zero-order valence-electron chi connectivity index (χ0n) is 8.79. The van der Waals surface area contributed by atoms with Crippen molar-refractivity contribution in [3.63, 3.8) is 0 Å². The molecule has 1 rings (SSSR count). The summed E-state index contributed by atoms with van der Waals surface area (Å²) in [6.07, 6.45) is 0.621. The first-order chi connectivity index (χ1) is 6.56. The Hall–Kier alpha value is -0.940. The summed E-state index contributed by atoms with van der Waals surface area (Å²) in [4.78, 5) is 24.5. The number of rotatable bonds is 3. The number of carbonyl (C=O) groups excluding carboxylic acids is 2. The highest BCUT2D eigenvalue weighted by Crippen LogP contribution is 2.21. The van der Waals surface area contributed by atoms with Crippen molar-refractivity contribution < 1.29 is 14.3 Å². The molecule has 0 radical (unpaired) electrons. The lowest BCUT2D eigenvalue weighted by atomic mass is 9.92. The van der Waals surface area contributed by atoms with Gasteiger partial charge < -0.3 is 4.74 Å². The van der Waals surface area contributed by atoms with Gasteiger partial charge in [0.15, 0.2) is 0 Å². The zero-order chi connectivity index (χ0) is 10.8. The summed E-state index contributed by atoms with van der Waals surface area (Å²) >= 11 is 0. The van der Waals surface area contributed by atoms with Crippen molar-refractivity contribution in [3.05, 3.63) is 0 Å². The van der Waals surface area contributed by atoms with E-state index >= 15 is 0 Å². The largest absolute Gasteiger partial charge is 0.382 e. The third kappa shape index (κ3) is 1.65. The molecule has 1 aliphatic rings. The van der Waals surface area contributed by atoms with Crippen LogP contribution in [-0.2, 0) is 14.3 Å². The second-order valence-corrected chi connectivity index (χ2v) is 3.55. The van der Waals surface area contributed by atoms with Crippen LogP contribution in [0.15, 0.2) is 0 Å². The SMILES string of the molecule is CCC1(COC)C(=O)NC(=O)CN1C. The Labute approximate surface area is 83.4 Å². The predicted molar refractivity (Wildman–Crippen MR) is 50.7 cm³/mol.